The number of amides is 1. The van der Waals surface area contributed by atoms with Crippen molar-refractivity contribution < 1.29 is 4.79 Å². The predicted molar refractivity (Wildman–Crippen MR) is 79.9 cm³/mol. The zero-order chi connectivity index (χ0) is 13.8. The van der Waals surface area contributed by atoms with Gasteiger partial charge in [-0.2, -0.15) is 0 Å². The van der Waals surface area contributed by atoms with Crippen LogP contribution in [0.25, 0.3) is 0 Å². The quantitative estimate of drug-likeness (QED) is 0.644. The molecule has 0 heterocycles. The van der Waals surface area contributed by atoms with Crippen LogP contribution >= 0.6 is 11.6 Å². The Bertz CT molecular complexity index is 438. The fourth-order valence-corrected chi connectivity index (χ4v) is 3.13. The van der Waals surface area contributed by atoms with E-state index in [1.54, 1.807) is 0 Å². The predicted octanol–water partition coefficient (Wildman–Crippen LogP) is 3.97. The number of carbonyl (C=O) groups excluding carboxylic acids is 1. The van der Waals surface area contributed by atoms with Crippen LogP contribution in [0.5, 0.6) is 0 Å². The Morgan fingerprint density at radius 3 is 2.42 bits per heavy atom. The lowest BCUT2D eigenvalue weighted by atomic mass is 10.0. The smallest absolute Gasteiger partial charge is 0.251 e. The summed E-state index contributed by atoms with van der Waals surface area (Å²) < 4.78 is 0. The molecule has 1 N–H and O–H groups in total. The first-order chi connectivity index (χ1) is 9.06. The Morgan fingerprint density at radius 2 is 1.74 bits per heavy atom. The normalized spacial score (nSPS) is 23.7. The van der Waals surface area contributed by atoms with Crippen LogP contribution in [0.1, 0.15) is 53.6 Å². The molecule has 0 radical (unpaired) electrons. The van der Waals surface area contributed by atoms with Crippen LogP contribution in [-0.2, 0) is 0 Å². The maximum atomic E-state index is 12.3. The van der Waals surface area contributed by atoms with Crippen LogP contribution in [0.4, 0.5) is 0 Å². The standard InChI is InChI=1S/C16H22ClNO/c1-11-8-12(2)10-13(9-11)16(19)18-15-7-5-3-4-6-14(15)17/h8-10,14-15H,3-7H2,1-2H3,(H,18,19). The molecule has 0 saturated heterocycles. The van der Waals surface area contributed by atoms with Gasteiger partial charge in [-0.15, -0.1) is 11.6 Å². The largest absolute Gasteiger partial charge is 0.348 e. The summed E-state index contributed by atoms with van der Waals surface area (Å²) in [7, 11) is 0. The van der Waals surface area contributed by atoms with Crippen LogP contribution in [0.2, 0.25) is 0 Å². The molecular formula is C16H22ClNO. The monoisotopic (exact) mass is 279 g/mol. The number of alkyl halides is 1. The van der Waals surface area contributed by atoms with Crippen LogP contribution in [0.15, 0.2) is 18.2 Å². The van der Waals surface area contributed by atoms with E-state index in [9.17, 15) is 4.79 Å². The van der Waals surface area contributed by atoms with Crippen molar-refractivity contribution in [2.24, 2.45) is 0 Å². The van der Waals surface area contributed by atoms with Gasteiger partial charge in [0.15, 0.2) is 0 Å². The highest BCUT2D eigenvalue weighted by Gasteiger charge is 2.23. The Hall–Kier alpha value is -1.02. The van der Waals surface area contributed by atoms with E-state index in [0.717, 1.165) is 36.0 Å². The third kappa shape index (κ3) is 3.97. The van der Waals surface area contributed by atoms with E-state index in [4.69, 9.17) is 11.6 Å². The molecule has 0 aromatic heterocycles. The Kier molecular flexibility index (Phi) is 4.87. The minimum Gasteiger partial charge on any atom is -0.348 e. The molecular weight excluding hydrogens is 258 g/mol. The third-order valence-electron chi connectivity index (χ3n) is 3.73. The number of hydrogen-bond donors (Lipinski definition) is 1. The summed E-state index contributed by atoms with van der Waals surface area (Å²) in [5, 5.41) is 3.18. The molecule has 0 bridgehead atoms. The lowest BCUT2D eigenvalue weighted by Gasteiger charge is -2.21. The van der Waals surface area contributed by atoms with Crippen molar-refractivity contribution in [3.8, 4) is 0 Å². The molecule has 0 aliphatic heterocycles. The van der Waals surface area contributed by atoms with E-state index < -0.39 is 0 Å². The molecule has 1 aliphatic rings. The highest BCUT2D eigenvalue weighted by atomic mass is 35.5. The summed E-state index contributed by atoms with van der Waals surface area (Å²) in [5.41, 5.74) is 2.98. The minimum absolute atomic E-state index is 0.00403. The van der Waals surface area contributed by atoms with Crippen molar-refractivity contribution in [3.05, 3.63) is 34.9 Å². The van der Waals surface area contributed by atoms with Gasteiger partial charge in [0.1, 0.15) is 0 Å². The van der Waals surface area contributed by atoms with E-state index in [1.807, 2.05) is 26.0 Å². The van der Waals surface area contributed by atoms with Crippen molar-refractivity contribution in [3.63, 3.8) is 0 Å². The summed E-state index contributed by atoms with van der Waals surface area (Å²) in [6.45, 7) is 4.03. The number of halogens is 1. The number of hydrogen-bond acceptors (Lipinski definition) is 1. The van der Waals surface area contributed by atoms with Crippen molar-refractivity contribution >= 4 is 17.5 Å². The molecule has 2 rings (SSSR count). The van der Waals surface area contributed by atoms with Gasteiger partial charge >= 0.3 is 0 Å². The molecule has 0 spiro atoms. The lowest BCUT2D eigenvalue weighted by molar-refractivity contribution is 0.0934. The Morgan fingerprint density at radius 1 is 1.11 bits per heavy atom. The number of carbonyl (C=O) groups is 1. The summed E-state index contributed by atoms with van der Waals surface area (Å²) in [4.78, 5) is 12.3. The van der Waals surface area contributed by atoms with E-state index in [-0.39, 0.29) is 17.3 Å². The molecule has 2 atom stereocenters. The number of aryl methyl sites for hydroxylation is 2. The average molecular weight is 280 g/mol. The second-order valence-electron chi connectivity index (χ2n) is 5.61. The maximum Gasteiger partial charge on any atom is 0.251 e. The van der Waals surface area contributed by atoms with Gasteiger partial charge in [0.2, 0.25) is 0 Å². The van der Waals surface area contributed by atoms with Gasteiger partial charge in [-0.1, -0.05) is 36.5 Å². The first-order valence-electron chi connectivity index (χ1n) is 7.09. The van der Waals surface area contributed by atoms with Gasteiger partial charge in [0.05, 0.1) is 5.38 Å². The Balaban J connectivity index is 2.07. The molecule has 1 saturated carbocycles. The van der Waals surface area contributed by atoms with Crippen LogP contribution in [0, 0.1) is 13.8 Å². The van der Waals surface area contributed by atoms with Gasteiger partial charge in [0, 0.05) is 11.6 Å². The molecule has 1 aromatic carbocycles. The third-order valence-corrected chi connectivity index (χ3v) is 4.25. The van der Waals surface area contributed by atoms with Gasteiger partial charge in [0.25, 0.3) is 5.91 Å². The van der Waals surface area contributed by atoms with Crippen molar-refractivity contribution in [1.82, 2.24) is 5.32 Å². The first kappa shape index (κ1) is 14.4. The van der Waals surface area contributed by atoms with Gasteiger partial charge in [-0.25, -0.2) is 0 Å². The second-order valence-corrected chi connectivity index (χ2v) is 6.17. The highest BCUT2D eigenvalue weighted by molar-refractivity contribution is 6.21. The van der Waals surface area contributed by atoms with Gasteiger partial charge < -0.3 is 5.32 Å². The summed E-state index contributed by atoms with van der Waals surface area (Å²) >= 11 is 6.37. The van der Waals surface area contributed by atoms with E-state index in [2.05, 4.69) is 11.4 Å². The van der Waals surface area contributed by atoms with Crippen molar-refractivity contribution in [2.45, 2.75) is 57.4 Å². The number of nitrogens with one attached hydrogen (secondary N) is 1. The van der Waals surface area contributed by atoms with Crippen molar-refractivity contribution in [1.29, 1.82) is 0 Å². The molecule has 1 fully saturated rings. The van der Waals surface area contributed by atoms with E-state index in [1.165, 1.54) is 12.8 Å². The topological polar surface area (TPSA) is 29.1 Å². The molecule has 1 aromatic rings. The minimum atomic E-state index is 0.00403. The molecule has 104 valence electrons. The molecule has 1 amide bonds. The summed E-state index contributed by atoms with van der Waals surface area (Å²) in [5.74, 6) is 0.00403. The molecule has 2 unspecified atom stereocenters. The van der Waals surface area contributed by atoms with Crippen molar-refractivity contribution in [2.75, 3.05) is 0 Å². The highest BCUT2D eigenvalue weighted by Crippen LogP contribution is 2.22. The summed E-state index contributed by atoms with van der Waals surface area (Å²) in [6, 6.07) is 6.05. The number of benzene rings is 1. The van der Waals surface area contributed by atoms with Crippen LogP contribution in [-0.4, -0.2) is 17.3 Å². The van der Waals surface area contributed by atoms with E-state index >= 15 is 0 Å². The Labute approximate surface area is 120 Å². The second kappa shape index (κ2) is 6.42. The SMILES string of the molecule is Cc1cc(C)cc(C(=O)NC2CCCCCC2Cl)c1. The molecule has 1 aliphatic carbocycles. The fourth-order valence-electron chi connectivity index (χ4n) is 2.78. The van der Waals surface area contributed by atoms with E-state index in [0.29, 0.717) is 0 Å². The zero-order valence-corrected chi connectivity index (χ0v) is 12.5. The van der Waals surface area contributed by atoms with Gasteiger partial charge in [-0.05, 0) is 38.8 Å². The fraction of sp³-hybridized carbons (Fsp3) is 0.562. The average Bonchev–Trinajstić information content (AvgIpc) is 2.54. The first-order valence-corrected chi connectivity index (χ1v) is 7.53. The molecule has 3 heteroatoms. The molecule has 2 nitrogen and oxygen atoms in total. The zero-order valence-electron chi connectivity index (χ0n) is 11.7. The maximum absolute atomic E-state index is 12.3. The van der Waals surface area contributed by atoms with Gasteiger partial charge in [-0.3, -0.25) is 4.79 Å². The summed E-state index contributed by atoms with van der Waals surface area (Å²) in [6.07, 6.45) is 5.54. The van der Waals surface area contributed by atoms with Crippen LogP contribution < -0.4 is 5.32 Å². The molecule has 19 heavy (non-hydrogen) atoms. The number of rotatable bonds is 2. The lowest BCUT2D eigenvalue weighted by Crippen LogP contribution is -2.40. The van der Waals surface area contributed by atoms with Crippen LogP contribution in [0.3, 0.4) is 0 Å².